The quantitative estimate of drug-likeness (QED) is 0.00959. The number of fused-ring (bicyclic) bond motifs is 5. The second-order valence-electron chi connectivity index (χ2n) is 22.2. The fraction of sp³-hybridized carbons (Fsp3) is 0.808. The van der Waals surface area contributed by atoms with Crippen molar-refractivity contribution >= 4 is 48.0 Å². The van der Waals surface area contributed by atoms with E-state index in [0.29, 0.717) is 11.3 Å². The molecular formula is C52H91N11O12. The van der Waals surface area contributed by atoms with E-state index in [1.165, 1.54) is 50.5 Å². The number of esters is 3. The van der Waals surface area contributed by atoms with Crippen LogP contribution in [0.5, 0.6) is 0 Å². The summed E-state index contributed by atoms with van der Waals surface area (Å²) in [6, 6.07) is 0. The van der Waals surface area contributed by atoms with Crippen molar-refractivity contribution < 1.29 is 57.1 Å². The Hall–Kier alpha value is -5.58. The van der Waals surface area contributed by atoms with Crippen LogP contribution in [0.3, 0.4) is 0 Å². The molecule has 0 aromatic heterocycles. The molecule has 0 spiro atoms. The second-order valence-corrected chi connectivity index (χ2v) is 22.2. The Labute approximate surface area is 443 Å². The van der Waals surface area contributed by atoms with Crippen LogP contribution in [0, 0.1) is 46.3 Å². The molecule has 0 heterocycles. The van der Waals surface area contributed by atoms with Gasteiger partial charge in [0.15, 0.2) is 23.7 Å². The highest BCUT2D eigenvalue weighted by molar-refractivity contribution is 5.77. The van der Waals surface area contributed by atoms with Gasteiger partial charge in [-0.15, -0.1) is 0 Å². The Kier molecular flexibility index (Phi) is 24.0. The van der Waals surface area contributed by atoms with Gasteiger partial charge < -0.3 is 78.2 Å². The summed E-state index contributed by atoms with van der Waals surface area (Å²) < 4.78 is 39.5. The molecule has 0 saturated heterocycles. The topological polar surface area (TPSA) is 367 Å². The van der Waals surface area contributed by atoms with Crippen molar-refractivity contribution in [1.29, 1.82) is 0 Å². The molecule has 75 heavy (non-hydrogen) atoms. The normalized spacial score (nSPS) is 24.4. The summed E-state index contributed by atoms with van der Waals surface area (Å²) in [5.41, 5.74) is 32.0. The maximum Gasteiger partial charge on any atom is 0.408 e. The lowest BCUT2D eigenvalue weighted by atomic mass is 9.47. The van der Waals surface area contributed by atoms with Gasteiger partial charge in [-0.05, 0) is 105 Å². The van der Waals surface area contributed by atoms with Gasteiger partial charge >= 0.3 is 30.1 Å². The minimum Gasteiger partial charge on any atom is -0.461 e. The number of ether oxygens (including phenoxy) is 7. The molecule has 4 aliphatic rings. The third-order valence-electron chi connectivity index (χ3n) is 15.8. The number of allylic oxidation sites excluding steroid dienone is 1. The van der Waals surface area contributed by atoms with Crippen molar-refractivity contribution in [2.45, 2.75) is 156 Å². The fourth-order valence-corrected chi connectivity index (χ4v) is 12.0. The maximum absolute atomic E-state index is 13.3. The van der Waals surface area contributed by atoms with Crippen molar-refractivity contribution in [2.24, 2.45) is 95.7 Å². The number of nitrogens with zero attached hydrogens (tertiary/aromatic N) is 3. The van der Waals surface area contributed by atoms with Crippen molar-refractivity contribution in [1.82, 2.24) is 10.6 Å². The molecule has 8 unspecified atom stereocenters. The molecule has 23 heteroatoms. The monoisotopic (exact) mass is 1060 g/mol. The molecule has 23 nitrogen and oxygen atoms in total. The van der Waals surface area contributed by atoms with E-state index in [4.69, 9.17) is 67.6 Å². The van der Waals surface area contributed by atoms with Gasteiger partial charge in [-0.1, -0.05) is 65.5 Å². The molecular weight excluding hydrogens is 971 g/mol. The zero-order valence-corrected chi connectivity index (χ0v) is 45.8. The number of carbonyl (C=O) groups excluding carboxylic acids is 5. The summed E-state index contributed by atoms with van der Waals surface area (Å²) in [5.74, 6) is 0.243. The zero-order valence-electron chi connectivity index (χ0n) is 45.8. The van der Waals surface area contributed by atoms with E-state index in [1.54, 1.807) is 13.8 Å². The van der Waals surface area contributed by atoms with E-state index < -0.39 is 61.3 Å². The molecule has 8 atom stereocenters. The van der Waals surface area contributed by atoms with Gasteiger partial charge in [0.05, 0.1) is 52.1 Å². The number of carbonyl (C=O) groups is 5. The minimum absolute atomic E-state index is 0.0692. The molecule has 0 aromatic carbocycles. The molecule has 3 saturated carbocycles. The van der Waals surface area contributed by atoms with Crippen LogP contribution < -0.4 is 45.0 Å². The van der Waals surface area contributed by atoms with E-state index >= 15 is 0 Å². The summed E-state index contributed by atoms with van der Waals surface area (Å²) in [4.78, 5) is 75.5. The number of hydrogen-bond acceptors (Lipinski definition) is 15. The van der Waals surface area contributed by atoms with Gasteiger partial charge in [0.25, 0.3) is 0 Å². The Morgan fingerprint density at radius 2 is 1.21 bits per heavy atom. The van der Waals surface area contributed by atoms with Gasteiger partial charge in [-0.3, -0.25) is 29.4 Å². The van der Waals surface area contributed by atoms with Gasteiger partial charge in [-0.2, -0.15) is 0 Å². The molecule has 14 N–H and O–H groups in total. The molecule has 0 aromatic rings. The maximum atomic E-state index is 13.3. The smallest absolute Gasteiger partial charge is 0.408 e. The number of amides is 2. The highest BCUT2D eigenvalue weighted by Gasteiger charge is 2.59. The molecule has 426 valence electrons. The van der Waals surface area contributed by atoms with Crippen LogP contribution in [-0.4, -0.2) is 131 Å². The predicted octanol–water partition coefficient (Wildman–Crippen LogP) is 3.98. The number of alkyl carbamates (subject to hydrolysis) is 2. The highest BCUT2D eigenvalue weighted by Crippen LogP contribution is 2.67. The minimum atomic E-state index is -2.07. The van der Waals surface area contributed by atoms with Crippen LogP contribution in [0.25, 0.3) is 0 Å². The number of guanidine groups is 3. The number of aliphatic imine (C=N–C) groups is 3. The number of nitrogens with one attached hydrogen (secondary N) is 2. The van der Waals surface area contributed by atoms with E-state index in [-0.39, 0.29) is 94.6 Å². The van der Waals surface area contributed by atoms with Gasteiger partial charge in [0.1, 0.15) is 25.9 Å². The van der Waals surface area contributed by atoms with Crippen LogP contribution in [0.15, 0.2) is 26.6 Å². The summed E-state index contributed by atoms with van der Waals surface area (Å²) in [5, 5.41) is 5.33. The summed E-state index contributed by atoms with van der Waals surface area (Å²) in [6.45, 7) is 13.2. The standard InChI is InChI=1S/C52H91N11O12/c1-33(2)9-8-10-34(3)38-13-14-39-37-12-11-35-29-36(15-20-50(35,6)40(37)16-21-51(38,39)7)74-47(67)62-25-27-72-49(4,5)73-28-26-63-48(68)75-52(30-69-41(64)17-22-59-44(53)54,31-70-42(65)18-23-60-45(55)56)32-71-43(66)19-24-61-46(57)58/h11,33-34,36-40H,8-10,12-32H2,1-7H3,(H,62,67)(H,63,68)(H4,53,54,59)(H4,55,56,60)(H4,57,58,61). The molecule has 4 aliphatic carbocycles. The SMILES string of the molecule is CC(C)CCCC(C)C1CCC2C3CC=C4CC(OC(=O)NCCOC(C)(C)OCCNC(=O)OC(COC(=O)CCN=C(N)N)(COC(=O)CCN=C(N)N)COC(=O)CCN=C(N)N)CCC4(C)C3CCC12C. The lowest BCUT2D eigenvalue weighted by Crippen LogP contribution is -2.52. The van der Waals surface area contributed by atoms with E-state index in [2.05, 4.69) is 66.3 Å². The Morgan fingerprint density at radius 3 is 1.72 bits per heavy atom. The predicted molar refractivity (Wildman–Crippen MR) is 283 cm³/mol. The van der Waals surface area contributed by atoms with Gasteiger partial charge in [-0.25, -0.2) is 9.59 Å². The van der Waals surface area contributed by atoms with Crippen LogP contribution in [0.4, 0.5) is 9.59 Å². The molecule has 0 aliphatic heterocycles. The number of nitrogens with two attached hydrogens (primary N) is 6. The molecule has 2 amide bonds. The second kappa shape index (κ2) is 29.1. The lowest BCUT2D eigenvalue weighted by molar-refractivity contribution is -0.211. The molecule has 3 fully saturated rings. The van der Waals surface area contributed by atoms with E-state index in [0.717, 1.165) is 55.3 Å². The van der Waals surface area contributed by atoms with Crippen molar-refractivity contribution in [3.05, 3.63) is 11.6 Å². The Bertz CT molecular complexity index is 1930. The largest absolute Gasteiger partial charge is 0.461 e. The first kappa shape index (κ1) is 62.0. The van der Waals surface area contributed by atoms with Crippen molar-refractivity contribution in [2.75, 3.05) is 65.8 Å². The first-order valence-corrected chi connectivity index (χ1v) is 26.9. The Balaban J connectivity index is 1.24. The molecule has 0 radical (unpaired) electrons. The van der Waals surface area contributed by atoms with Crippen molar-refractivity contribution in [3.63, 3.8) is 0 Å². The van der Waals surface area contributed by atoms with Crippen LogP contribution in [0.2, 0.25) is 0 Å². The Morgan fingerprint density at radius 1 is 0.693 bits per heavy atom. The summed E-state index contributed by atoms with van der Waals surface area (Å²) in [7, 11) is 0. The zero-order chi connectivity index (χ0) is 55.4. The fourth-order valence-electron chi connectivity index (χ4n) is 12.0. The van der Waals surface area contributed by atoms with Crippen molar-refractivity contribution in [3.8, 4) is 0 Å². The van der Waals surface area contributed by atoms with Gasteiger partial charge in [0.2, 0.25) is 5.60 Å². The van der Waals surface area contributed by atoms with E-state index in [1.807, 2.05) is 0 Å². The number of hydrogen-bond donors (Lipinski definition) is 8. The summed E-state index contributed by atoms with van der Waals surface area (Å²) >= 11 is 0. The summed E-state index contributed by atoms with van der Waals surface area (Å²) in [6.07, 6.45) is 13.1. The molecule has 4 rings (SSSR count). The average molecular weight is 1060 g/mol. The highest BCUT2D eigenvalue weighted by atomic mass is 16.7. The molecule has 0 bridgehead atoms. The first-order chi connectivity index (χ1) is 35.4. The van der Waals surface area contributed by atoms with Crippen LogP contribution >= 0.6 is 0 Å². The first-order valence-electron chi connectivity index (χ1n) is 26.9. The van der Waals surface area contributed by atoms with Crippen LogP contribution in [0.1, 0.15) is 138 Å². The van der Waals surface area contributed by atoms with Gasteiger partial charge in [0, 0.05) is 19.5 Å². The third-order valence-corrected chi connectivity index (χ3v) is 15.8. The average Bonchev–Trinajstić information content (AvgIpc) is 3.69. The third kappa shape index (κ3) is 19.8. The van der Waals surface area contributed by atoms with Crippen LogP contribution in [-0.2, 0) is 47.5 Å². The van der Waals surface area contributed by atoms with E-state index in [9.17, 15) is 24.0 Å². The lowest BCUT2D eigenvalue weighted by Gasteiger charge is -2.58. The number of rotatable bonds is 30.